The van der Waals surface area contributed by atoms with Crippen molar-refractivity contribution in [3.05, 3.63) is 11.5 Å². The molecule has 3 rings (SSSR count). The molecule has 1 saturated heterocycles. The highest BCUT2D eigenvalue weighted by molar-refractivity contribution is 6.07. The summed E-state index contributed by atoms with van der Waals surface area (Å²) in [6.07, 6.45) is 1.14. The number of anilines is 1. The molecule has 1 amide bonds. The van der Waals surface area contributed by atoms with Gasteiger partial charge in [-0.2, -0.15) is 4.98 Å². The Kier molecular flexibility index (Phi) is 2.44. The fourth-order valence-electron chi connectivity index (χ4n) is 2.14. The Hall–Kier alpha value is -1.69. The highest BCUT2D eigenvalue weighted by Crippen LogP contribution is 2.24. The molecule has 0 aliphatic carbocycles. The Morgan fingerprint density at radius 3 is 2.94 bits per heavy atom. The van der Waals surface area contributed by atoms with Gasteiger partial charge in [0.15, 0.2) is 0 Å². The van der Waals surface area contributed by atoms with Crippen molar-refractivity contribution >= 4 is 17.7 Å². The van der Waals surface area contributed by atoms with E-state index in [1.807, 2.05) is 0 Å². The maximum absolute atomic E-state index is 11.7. The van der Waals surface area contributed by atoms with Crippen LogP contribution < -0.4 is 10.2 Å². The molecule has 1 aromatic rings. The van der Waals surface area contributed by atoms with Gasteiger partial charge in [0.05, 0.1) is 12.1 Å². The first-order valence-electron chi connectivity index (χ1n) is 5.75. The average Bonchev–Trinajstić information content (AvgIpc) is 2.72. The zero-order valence-electron chi connectivity index (χ0n) is 9.36. The van der Waals surface area contributed by atoms with Gasteiger partial charge in [0.1, 0.15) is 11.5 Å². The normalized spacial score (nSPS) is 20.6. The van der Waals surface area contributed by atoms with Crippen LogP contribution >= 0.6 is 0 Å². The van der Waals surface area contributed by atoms with Crippen LogP contribution in [0.5, 0.6) is 0 Å². The van der Waals surface area contributed by atoms with E-state index in [1.54, 1.807) is 0 Å². The molecule has 0 aromatic carbocycles. The maximum Gasteiger partial charge on any atom is 0.304 e. The first-order valence-corrected chi connectivity index (χ1v) is 5.75. The lowest BCUT2D eigenvalue weighted by atomic mass is 10.1. The topological polar surface area (TPSA) is 75.4 Å². The molecule has 0 saturated carbocycles. The van der Waals surface area contributed by atoms with Crippen molar-refractivity contribution in [2.45, 2.75) is 25.8 Å². The average molecular weight is 235 g/mol. The standard InChI is InChI=1S/C11H13N3O3/c15-7-2-4-14(10(16)5-7)11-13-8-6-12-3-1-9(8)17-11/h12H,1-6H2. The smallest absolute Gasteiger partial charge is 0.304 e. The van der Waals surface area contributed by atoms with E-state index < -0.39 is 0 Å². The molecule has 90 valence electrons. The zero-order valence-corrected chi connectivity index (χ0v) is 9.36. The Labute approximate surface area is 98.0 Å². The molecule has 2 aliphatic rings. The SMILES string of the molecule is O=C1CCN(c2nc3c(o2)CCNC3)C(=O)C1. The van der Waals surface area contributed by atoms with E-state index in [-0.39, 0.29) is 18.1 Å². The molecule has 0 bridgehead atoms. The van der Waals surface area contributed by atoms with Gasteiger partial charge in [-0.25, -0.2) is 0 Å². The molecule has 6 heteroatoms. The second-order valence-electron chi connectivity index (χ2n) is 4.30. The molecule has 0 atom stereocenters. The second kappa shape index (κ2) is 3.96. The molecular weight excluding hydrogens is 222 g/mol. The summed E-state index contributed by atoms with van der Waals surface area (Å²) in [5.41, 5.74) is 0.871. The molecule has 6 nitrogen and oxygen atoms in total. The van der Waals surface area contributed by atoms with Gasteiger partial charge in [0.25, 0.3) is 0 Å². The number of carbonyl (C=O) groups is 2. The molecule has 0 spiro atoms. The number of Topliss-reactive ketones (excluding diaryl/α,β-unsaturated/α-hetero) is 1. The molecule has 3 heterocycles. The van der Waals surface area contributed by atoms with Crippen molar-refractivity contribution in [3.63, 3.8) is 0 Å². The summed E-state index contributed by atoms with van der Waals surface area (Å²) in [4.78, 5) is 28.6. The van der Waals surface area contributed by atoms with Crippen molar-refractivity contribution in [2.24, 2.45) is 0 Å². The molecule has 0 unspecified atom stereocenters. The third kappa shape index (κ3) is 1.84. The Morgan fingerprint density at radius 1 is 1.29 bits per heavy atom. The number of piperidine rings is 1. The number of aromatic nitrogens is 1. The van der Waals surface area contributed by atoms with Crippen LogP contribution in [-0.2, 0) is 22.6 Å². The summed E-state index contributed by atoms with van der Waals surface area (Å²) in [5.74, 6) is 0.625. The number of rotatable bonds is 1. The molecule has 1 N–H and O–H groups in total. The molecule has 17 heavy (non-hydrogen) atoms. The van der Waals surface area contributed by atoms with Crippen LogP contribution in [0.15, 0.2) is 4.42 Å². The first kappa shape index (κ1) is 10.5. The Morgan fingerprint density at radius 2 is 2.18 bits per heavy atom. The fourth-order valence-corrected chi connectivity index (χ4v) is 2.14. The van der Waals surface area contributed by atoms with E-state index in [4.69, 9.17) is 4.42 Å². The van der Waals surface area contributed by atoms with E-state index >= 15 is 0 Å². The van der Waals surface area contributed by atoms with Crippen molar-refractivity contribution in [2.75, 3.05) is 18.0 Å². The zero-order chi connectivity index (χ0) is 11.8. The summed E-state index contributed by atoms with van der Waals surface area (Å²) in [5, 5.41) is 3.20. The molecule has 1 fully saturated rings. The van der Waals surface area contributed by atoms with Gasteiger partial charge in [-0.3, -0.25) is 14.5 Å². The number of fused-ring (bicyclic) bond motifs is 1. The van der Waals surface area contributed by atoms with Crippen molar-refractivity contribution < 1.29 is 14.0 Å². The van der Waals surface area contributed by atoms with Crippen LogP contribution in [0, 0.1) is 0 Å². The monoisotopic (exact) mass is 235 g/mol. The highest BCUT2D eigenvalue weighted by Gasteiger charge is 2.29. The van der Waals surface area contributed by atoms with Crippen LogP contribution in [0.2, 0.25) is 0 Å². The van der Waals surface area contributed by atoms with Gasteiger partial charge >= 0.3 is 6.01 Å². The number of hydrogen-bond donors (Lipinski definition) is 1. The predicted molar refractivity (Wildman–Crippen MR) is 58.5 cm³/mol. The van der Waals surface area contributed by atoms with Gasteiger partial charge in [-0.15, -0.1) is 0 Å². The van der Waals surface area contributed by atoms with Crippen LogP contribution in [0.25, 0.3) is 0 Å². The number of ketones is 1. The second-order valence-corrected chi connectivity index (χ2v) is 4.30. The lowest BCUT2D eigenvalue weighted by Gasteiger charge is -2.21. The van der Waals surface area contributed by atoms with E-state index in [0.717, 1.165) is 24.4 Å². The summed E-state index contributed by atoms with van der Waals surface area (Å²) < 4.78 is 5.59. The first-order chi connectivity index (χ1) is 8.24. The van der Waals surface area contributed by atoms with Gasteiger partial charge < -0.3 is 9.73 Å². The van der Waals surface area contributed by atoms with Crippen LogP contribution in [-0.4, -0.2) is 29.8 Å². The fraction of sp³-hybridized carbons (Fsp3) is 0.545. The lowest BCUT2D eigenvalue weighted by Crippen LogP contribution is -2.39. The van der Waals surface area contributed by atoms with E-state index in [9.17, 15) is 9.59 Å². The number of nitrogens with zero attached hydrogens (tertiary/aromatic N) is 2. The molecule has 2 aliphatic heterocycles. The minimum absolute atomic E-state index is 0.00997. The third-order valence-corrected chi connectivity index (χ3v) is 3.08. The maximum atomic E-state index is 11.7. The molecular formula is C11H13N3O3. The summed E-state index contributed by atoms with van der Waals surface area (Å²) in [6.45, 7) is 1.93. The summed E-state index contributed by atoms with van der Waals surface area (Å²) >= 11 is 0. The summed E-state index contributed by atoms with van der Waals surface area (Å²) in [6, 6.07) is 0.344. The Bertz CT molecular complexity index is 457. The summed E-state index contributed by atoms with van der Waals surface area (Å²) in [7, 11) is 0. The van der Waals surface area contributed by atoms with Gasteiger partial charge in [0.2, 0.25) is 5.91 Å². The number of oxazole rings is 1. The number of amides is 1. The van der Waals surface area contributed by atoms with Crippen LogP contribution in [0.4, 0.5) is 6.01 Å². The largest absolute Gasteiger partial charge is 0.428 e. The predicted octanol–water partition coefficient (Wildman–Crippen LogP) is 0.0162. The van der Waals surface area contributed by atoms with E-state index in [1.165, 1.54) is 4.90 Å². The van der Waals surface area contributed by atoms with Crippen LogP contribution in [0.3, 0.4) is 0 Å². The van der Waals surface area contributed by atoms with Crippen molar-refractivity contribution in [1.82, 2.24) is 10.3 Å². The quantitative estimate of drug-likeness (QED) is 0.694. The molecule has 1 aromatic heterocycles. The minimum atomic E-state index is -0.215. The van der Waals surface area contributed by atoms with Crippen molar-refractivity contribution in [3.8, 4) is 0 Å². The number of carbonyl (C=O) groups excluding carboxylic acids is 2. The van der Waals surface area contributed by atoms with Gasteiger partial charge in [0, 0.05) is 32.5 Å². The minimum Gasteiger partial charge on any atom is -0.428 e. The van der Waals surface area contributed by atoms with Gasteiger partial charge in [-0.1, -0.05) is 0 Å². The van der Waals surface area contributed by atoms with Crippen LogP contribution in [0.1, 0.15) is 24.3 Å². The van der Waals surface area contributed by atoms with Gasteiger partial charge in [-0.05, 0) is 0 Å². The number of hydrogen-bond acceptors (Lipinski definition) is 5. The van der Waals surface area contributed by atoms with E-state index in [2.05, 4.69) is 10.3 Å². The lowest BCUT2D eigenvalue weighted by molar-refractivity contribution is -0.128. The third-order valence-electron chi connectivity index (χ3n) is 3.08. The molecule has 0 radical (unpaired) electrons. The highest BCUT2D eigenvalue weighted by atomic mass is 16.4. The number of nitrogens with one attached hydrogen (secondary N) is 1. The van der Waals surface area contributed by atoms with E-state index in [0.29, 0.717) is 25.5 Å². The Balaban J connectivity index is 1.86. The van der Waals surface area contributed by atoms with Crippen molar-refractivity contribution in [1.29, 1.82) is 0 Å².